The number of hydrogen-bond donors (Lipinski definition) is 1. The second-order valence-corrected chi connectivity index (χ2v) is 4.14. The number of aromatic nitrogens is 3. The Balaban J connectivity index is 2.52. The topological polar surface area (TPSA) is 42.7 Å². The first-order valence-corrected chi connectivity index (χ1v) is 6.41. The van der Waals surface area contributed by atoms with Gasteiger partial charge in [0.25, 0.3) is 0 Å². The van der Waals surface area contributed by atoms with E-state index in [0.717, 1.165) is 25.3 Å². The second kappa shape index (κ2) is 7.39. The largest absolute Gasteiger partial charge is 0.314 e. The molecule has 4 nitrogen and oxygen atoms in total. The van der Waals surface area contributed by atoms with Crippen molar-refractivity contribution in [2.75, 3.05) is 6.54 Å². The monoisotopic (exact) mass is 224 g/mol. The molecule has 0 aliphatic heterocycles. The van der Waals surface area contributed by atoms with Gasteiger partial charge >= 0.3 is 0 Å². The van der Waals surface area contributed by atoms with E-state index >= 15 is 0 Å². The average Bonchev–Trinajstić information content (AvgIpc) is 2.73. The summed E-state index contributed by atoms with van der Waals surface area (Å²) in [6, 6.07) is 0.541. The molecule has 1 rings (SSSR count). The number of hydrogen-bond acceptors (Lipinski definition) is 3. The Bertz CT molecular complexity index is 282. The summed E-state index contributed by atoms with van der Waals surface area (Å²) in [6.45, 7) is 8.52. The number of rotatable bonds is 8. The summed E-state index contributed by atoms with van der Waals surface area (Å²) >= 11 is 0. The minimum absolute atomic E-state index is 0.541. The minimum atomic E-state index is 0.541. The smallest absolute Gasteiger partial charge is 0.138 e. The first-order valence-electron chi connectivity index (χ1n) is 6.41. The number of aryl methyl sites for hydroxylation is 1. The Morgan fingerprint density at radius 3 is 2.75 bits per heavy atom. The molecule has 0 saturated carbocycles. The third-order valence-corrected chi connectivity index (χ3v) is 2.74. The van der Waals surface area contributed by atoms with Crippen molar-refractivity contribution in [1.29, 1.82) is 0 Å². The van der Waals surface area contributed by atoms with E-state index in [-0.39, 0.29) is 0 Å². The van der Waals surface area contributed by atoms with Crippen LogP contribution in [0.4, 0.5) is 0 Å². The fourth-order valence-corrected chi connectivity index (χ4v) is 1.90. The summed E-state index contributed by atoms with van der Waals surface area (Å²) in [4.78, 5) is 4.33. The van der Waals surface area contributed by atoms with Crippen LogP contribution in [0.1, 0.15) is 45.9 Å². The maximum atomic E-state index is 4.33. The molecular weight excluding hydrogens is 200 g/mol. The van der Waals surface area contributed by atoms with Crippen LogP contribution in [0.5, 0.6) is 0 Å². The predicted molar refractivity (Wildman–Crippen MR) is 66.4 cm³/mol. The van der Waals surface area contributed by atoms with Crippen molar-refractivity contribution < 1.29 is 0 Å². The van der Waals surface area contributed by atoms with Gasteiger partial charge < -0.3 is 5.32 Å². The molecule has 0 spiro atoms. The van der Waals surface area contributed by atoms with Crippen molar-refractivity contribution in [2.24, 2.45) is 0 Å². The van der Waals surface area contributed by atoms with Gasteiger partial charge in [0.1, 0.15) is 12.2 Å². The lowest BCUT2D eigenvalue weighted by molar-refractivity contribution is 0.452. The first-order chi connectivity index (χ1) is 7.81. The minimum Gasteiger partial charge on any atom is -0.314 e. The number of nitrogens with one attached hydrogen (secondary N) is 1. The van der Waals surface area contributed by atoms with Crippen LogP contribution in [-0.4, -0.2) is 27.4 Å². The third kappa shape index (κ3) is 3.93. The van der Waals surface area contributed by atoms with E-state index in [9.17, 15) is 0 Å². The zero-order valence-electron chi connectivity index (χ0n) is 10.7. The Kier molecular flexibility index (Phi) is 6.08. The SMILES string of the molecule is CCCNC(CCC)Cc1ncnn1CC. The molecule has 0 saturated heterocycles. The van der Waals surface area contributed by atoms with Gasteiger partial charge in [0.2, 0.25) is 0 Å². The molecule has 0 radical (unpaired) electrons. The molecule has 0 bridgehead atoms. The predicted octanol–water partition coefficient (Wildman–Crippen LogP) is 2.01. The van der Waals surface area contributed by atoms with Crippen LogP contribution in [0.25, 0.3) is 0 Å². The fraction of sp³-hybridized carbons (Fsp3) is 0.833. The van der Waals surface area contributed by atoms with Crippen LogP contribution in [0.15, 0.2) is 6.33 Å². The van der Waals surface area contributed by atoms with Crippen molar-refractivity contribution in [1.82, 2.24) is 20.1 Å². The highest BCUT2D eigenvalue weighted by molar-refractivity contribution is 4.89. The van der Waals surface area contributed by atoms with Gasteiger partial charge in [0.15, 0.2) is 0 Å². The zero-order valence-corrected chi connectivity index (χ0v) is 10.7. The molecule has 1 atom stereocenters. The highest BCUT2D eigenvalue weighted by Crippen LogP contribution is 2.05. The highest BCUT2D eigenvalue weighted by atomic mass is 15.3. The van der Waals surface area contributed by atoms with Gasteiger partial charge in [-0.25, -0.2) is 4.98 Å². The van der Waals surface area contributed by atoms with Gasteiger partial charge in [-0.2, -0.15) is 5.10 Å². The van der Waals surface area contributed by atoms with E-state index in [1.165, 1.54) is 19.3 Å². The molecule has 0 fully saturated rings. The van der Waals surface area contributed by atoms with E-state index in [2.05, 4.69) is 36.2 Å². The Hall–Kier alpha value is -0.900. The average molecular weight is 224 g/mol. The molecule has 4 heteroatoms. The lowest BCUT2D eigenvalue weighted by Gasteiger charge is -2.17. The maximum absolute atomic E-state index is 4.33. The van der Waals surface area contributed by atoms with Gasteiger partial charge in [0.05, 0.1) is 0 Å². The summed E-state index contributed by atoms with van der Waals surface area (Å²) in [5.41, 5.74) is 0. The van der Waals surface area contributed by atoms with Gasteiger partial charge in [0, 0.05) is 19.0 Å². The molecule has 16 heavy (non-hydrogen) atoms. The van der Waals surface area contributed by atoms with Gasteiger partial charge in [-0.3, -0.25) is 4.68 Å². The van der Waals surface area contributed by atoms with Crippen molar-refractivity contribution in [3.05, 3.63) is 12.2 Å². The molecule has 1 aromatic heterocycles. The quantitative estimate of drug-likeness (QED) is 0.734. The Morgan fingerprint density at radius 1 is 1.31 bits per heavy atom. The summed E-state index contributed by atoms with van der Waals surface area (Å²) in [5, 5.41) is 7.78. The molecule has 1 aromatic rings. The van der Waals surface area contributed by atoms with Gasteiger partial charge in [-0.05, 0) is 26.3 Å². The molecule has 1 unspecified atom stereocenters. The molecule has 0 aliphatic rings. The van der Waals surface area contributed by atoms with Crippen LogP contribution in [0, 0.1) is 0 Å². The van der Waals surface area contributed by atoms with Crippen LogP contribution in [0.2, 0.25) is 0 Å². The fourth-order valence-electron chi connectivity index (χ4n) is 1.90. The number of nitrogens with zero attached hydrogens (tertiary/aromatic N) is 3. The van der Waals surface area contributed by atoms with Crippen molar-refractivity contribution in [3.63, 3.8) is 0 Å². The van der Waals surface area contributed by atoms with Crippen molar-refractivity contribution >= 4 is 0 Å². The molecule has 0 amide bonds. The molecule has 92 valence electrons. The Morgan fingerprint density at radius 2 is 2.12 bits per heavy atom. The van der Waals surface area contributed by atoms with Gasteiger partial charge in [-0.1, -0.05) is 20.3 Å². The molecule has 0 aliphatic carbocycles. The zero-order chi connectivity index (χ0) is 11.8. The summed E-state index contributed by atoms with van der Waals surface area (Å²) in [5.74, 6) is 1.10. The van der Waals surface area contributed by atoms with Gasteiger partial charge in [-0.15, -0.1) is 0 Å². The van der Waals surface area contributed by atoms with E-state index in [0.29, 0.717) is 6.04 Å². The first kappa shape index (κ1) is 13.2. The van der Waals surface area contributed by atoms with Crippen LogP contribution in [0.3, 0.4) is 0 Å². The highest BCUT2D eigenvalue weighted by Gasteiger charge is 2.11. The molecule has 0 aromatic carbocycles. The van der Waals surface area contributed by atoms with Crippen LogP contribution in [-0.2, 0) is 13.0 Å². The second-order valence-electron chi connectivity index (χ2n) is 4.14. The van der Waals surface area contributed by atoms with Crippen molar-refractivity contribution in [2.45, 2.75) is 59.0 Å². The maximum Gasteiger partial charge on any atom is 0.138 e. The Labute approximate surface area is 98.5 Å². The summed E-state index contributed by atoms with van der Waals surface area (Å²) < 4.78 is 1.98. The lowest BCUT2D eigenvalue weighted by Crippen LogP contribution is -2.32. The molecule has 1 heterocycles. The van der Waals surface area contributed by atoms with Crippen LogP contribution < -0.4 is 5.32 Å². The standard InChI is InChI=1S/C12H24N4/c1-4-7-11(13-8-5-2)9-12-14-10-15-16(12)6-3/h10-11,13H,4-9H2,1-3H3. The van der Waals surface area contributed by atoms with E-state index in [4.69, 9.17) is 0 Å². The molecule has 1 N–H and O–H groups in total. The van der Waals surface area contributed by atoms with Crippen LogP contribution >= 0.6 is 0 Å². The summed E-state index contributed by atoms with van der Waals surface area (Å²) in [7, 11) is 0. The van der Waals surface area contributed by atoms with E-state index < -0.39 is 0 Å². The normalized spacial score (nSPS) is 12.9. The summed E-state index contributed by atoms with van der Waals surface area (Å²) in [6.07, 6.45) is 6.24. The van der Waals surface area contributed by atoms with E-state index in [1.54, 1.807) is 6.33 Å². The molecular formula is C12H24N4. The van der Waals surface area contributed by atoms with Crippen molar-refractivity contribution in [3.8, 4) is 0 Å². The lowest BCUT2D eigenvalue weighted by atomic mass is 10.1. The third-order valence-electron chi connectivity index (χ3n) is 2.74. The van der Waals surface area contributed by atoms with E-state index in [1.807, 2.05) is 4.68 Å².